The summed E-state index contributed by atoms with van der Waals surface area (Å²) in [6, 6.07) is 7.84. The summed E-state index contributed by atoms with van der Waals surface area (Å²) in [5.74, 6) is 0.533. The Bertz CT molecular complexity index is 847. The summed E-state index contributed by atoms with van der Waals surface area (Å²) in [7, 11) is 0. The van der Waals surface area contributed by atoms with E-state index >= 15 is 0 Å². The largest absolute Gasteiger partial charge is 0.296 e. The zero-order chi connectivity index (χ0) is 15.8. The van der Waals surface area contributed by atoms with E-state index in [0.29, 0.717) is 17.3 Å². The van der Waals surface area contributed by atoms with Crippen LogP contribution in [0.4, 0.5) is 0 Å². The van der Waals surface area contributed by atoms with Gasteiger partial charge < -0.3 is 0 Å². The summed E-state index contributed by atoms with van der Waals surface area (Å²) >= 11 is 5.05. The normalized spacial score (nSPS) is 16.0. The second-order valence-corrected chi connectivity index (χ2v) is 7.84. The van der Waals surface area contributed by atoms with Crippen molar-refractivity contribution in [3.8, 4) is 11.3 Å². The minimum absolute atomic E-state index is 0.533. The zero-order valence-corrected chi connectivity index (χ0v) is 14.9. The fourth-order valence-corrected chi connectivity index (χ4v) is 4.56. The molecule has 0 saturated heterocycles. The summed E-state index contributed by atoms with van der Waals surface area (Å²) in [5, 5.41) is 5.83. The first-order chi connectivity index (χ1) is 11.3. The smallest absolute Gasteiger partial charge is 0.213 e. The number of carbonyl (C=O) groups excluding carboxylic acids is 1. The third kappa shape index (κ3) is 2.74. The first-order valence-electron chi connectivity index (χ1n) is 7.87. The molecule has 6 heteroatoms. The highest BCUT2D eigenvalue weighted by Gasteiger charge is 2.23. The summed E-state index contributed by atoms with van der Waals surface area (Å²) < 4.78 is 2.73. The van der Waals surface area contributed by atoms with E-state index < -0.39 is 0 Å². The summed E-state index contributed by atoms with van der Waals surface area (Å²) in [6.07, 6.45) is 7.14. The van der Waals surface area contributed by atoms with E-state index in [9.17, 15) is 4.79 Å². The van der Waals surface area contributed by atoms with Gasteiger partial charge in [-0.3, -0.25) is 4.79 Å². The van der Waals surface area contributed by atoms with Crippen LogP contribution in [-0.2, 0) is 0 Å². The minimum atomic E-state index is 0.533. The van der Waals surface area contributed by atoms with Crippen LogP contribution in [0.1, 0.15) is 53.5 Å². The molecule has 2 heterocycles. The predicted octanol–water partition coefficient (Wildman–Crippen LogP) is 5.08. The molecule has 1 aromatic carbocycles. The van der Waals surface area contributed by atoms with Gasteiger partial charge in [-0.2, -0.15) is 9.61 Å². The van der Waals surface area contributed by atoms with Crippen molar-refractivity contribution in [3.63, 3.8) is 0 Å². The van der Waals surface area contributed by atoms with Gasteiger partial charge in [-0.15, -0.1) is 0 Å². The maximum atomic E-state index is 11.6. The molecule has 4 nitrogen and oxygen atoms in total. The molecule has 23 heavy (non-hydrogen) atoms. The molecule has 2 aromatic heterocycles. The minimum Gasteiger partial charge on any atom is -0.296 e. The van der Waals surface area contributed by atoms with Crippen molar-refractivity contribution in [3.05, 3.63) is 39.4 Å². The van der Waals surface area contributed by atoms with Gasteiger partial charge in [-0.1, -0.05) is 58.7 Å². The Balaban J connectivity index is 1.77. The Morgan fingerprint density at radius 3 is 2.61 bits per heavy atom. The van der Waals surface area contributed by atoms with Crippen molar-refractivity contribution >= 4 is 38.5 Å². The molecule has 118 valence electrons. The quantitative estimate of drug-likeness (QED) is 0.586. The highest BCUT2D eigenvalue weighted by atomic mass is 79.9. The molecule has 1 fully saturated rings. The number of benzene rings is 1. The molecule has 0 aliphatic heterocycles. The predicted molar refractivity (Wildman–Crippen MR) is 95.2 cm³/mol. The fourth-order valence-electron chi connectivity index (χ4n) is 3.22. The third-order valence-corrected chi connectivity index (χ3v) is 6.04. The van der Waals surface area contributed by atoms with Gasteiger partial charge in [-0.05, 0) is 25.0 Å². The number of hydrogen-bond acceptors (Lipinski definition) is 4. The highest BCUT2D eigenvalue weighted by Crippen LogP contribution is 2.36. The number of hydrogen-bond donors (Lipinski definition) is 0. The average Bonchev–Trinajstić information content (AvgIpc) is 3.14. The molecule has 0 N–H and O–H groups in total. The number of aromatic nitrogens is 3. The molecule has 0 amide bonds. The summed E-state index contributed by atoms with van der Waals surface area (Å²) in [4.78, 5) is 17.1. The molecule has 3 aromatic rings. The van der Waals surface area contributed by atoms with Gasteiger partial charge >= 0.3 is 0 Å². The highest BCUT2D eigenvalue weighted by molar-refractivity contribution is 9.10. The Morgan fingerprint density at radius 1 is 1.17 bits per heavy atom. The van der Waals surface area contributed by atoms with E-state index in [1.165, 1.54) is 32.1 Å². The third-order valence-electron chi connectivity index (χ3n) is 4.44. The van der Waals surface area contributed by atoms with E-state index in [1.54, 1.807) is 15.9 Å². The number of rotatable bonds is 3. The standard InChI is InChI=1S/C17H16BrN3OS/c18-13-8-6-11(7-9-13)15-14(10-22)21-17(19-15)23-16(20-21)12-4-2-1-3-5-12/h6-10,12H,1-5H2. The second kappa shape index (κ2) is 6.17. The van der Waals surface area contributed by atoms with Crippen molar-refractivity contribution in [2.45, 2.75) is 38.0 Å². The zero-order valence-electron chi connectivity index (χ0n) is 12.5. The van der Waals surface area contributed by atoms with Crippen molar-refractivity contribution in [1.29, 1.82) is 0 Å². The topological polar surface area (TPSA) is 47.3 Å². The fraction of sp³-hybridized carbons (Fsp3) is 0.353. The van der Waals surface area contributed by atoms with Gasteiger partial charge in [0.15, 0.2) is 6.29 Å². The monoisotopic (exact) mass is 389 g/mol. The Labute approximate surface area is 146 Å². The van der Waals surface area contributed by atoms with Crippen molar-refractivity contribution in [1.82, 2.24) is 14.6 Å². The average molecular weight is 390 g/mol. The molecular formula is C17H16BrN3OS. The molecule has 1 aliphatic rings. The maximum Gasteiger partial charge on any atom is 0.213 e. The Morgan fingerprint density at radius 2 is 1.91 bits per heavy atom. The molecule has 0 bridgehead atoms. The van der Waals surface area contributed by atoms with E-state index in [0.717, 1.165) is 26.3 Å². The SMILES string of the molecule is O=Cc1c(-c2ccc(Br)cc2)nc2sc(C3CCCCC3)nn12. The van der Waals surface area contributed by atoms with E-state index in [-0.39, 0.29) is 0 Å². The lowest BCUT2D eigenvalue weighted by atomic mass is 9.90. The number of aldehydes is 1. The van der Waals surface area contributed by atoms with Crippen LogP contribution in [0.3, 0.4) is 0 Å². The summed E-state index contributed by atoms with van der Waals surface area (Å²) in [6.45, 7) is 0. The van der Waals surface area contributed by atoms with Crippen LogP contribution in [0.25, 0.3) is 16.2 Å². The lowest BCUT2D eigenvalue weighted by Crippen LogP contribution is -2.05. The van der Waals surface area contributed by atoms with E-state index in [4.69, 9.17) is 5.10 Å². The van der Waals surface area contributed by atoms with Crippen LogP contribution in [0.5, 0.6) is 0 Å². The van der Waals surface area contributed by atoms with E-state index in [1.807, 2.05) is 24.3 Å². The summed E-state index contributed by atoms with van der Waals surface area (Å²) in [5.41, 5.74) is 2.19. The van der Waals surface area contributed by atoms with Crippen LogP contribution < -0.4 is 0 Å². The van der Waals surface area contributed by atoms with Gasteiger partial charge in [-0.25, -0.2) is 4.98 Å². The molecule has 0 atom stereocenters. The van der Waals surface area contributed by atoms with Gasteiger partial charge in [0.25, 0.3) is 0 Å². The van der Waals surface area contributed by atoms with Gasteiger partial charge in [0.1, 0.15) is 16.4 Å². The van der Waals surface area contributed by atoms with Crippen LogP contribution in [0, 0.1) is 0 Å². The van der Waals surface area contributed by atoms with Crippen molar-refractivity contribution in [2.24, 2.45) is 0 Å². The first-order valence-corrected chi connectivity index (χ1v) is 9.48. The van der Waals surface area contributed by atoms with Crippen molar-refractivity contribution < 1.29 is 4.79 Å². The number of halogens is 1. The number of carbonyl (C=O) groups is 1. The molecule has 0 spiro atoms. The second-order valence-electron chi connectivity index (χ2n) is 5.94. The van der Waals surface area contributed by atoms with Crippen molar-refractivity contribution in [2.75, 3.05) is 0 Å². The molecule has 1 aliphatic carbocycles. The van der Waals surface area contributed by atoms with Crippen LogP contribution in [0.2, 0.25) is 0 Å². The van der Waals surface area contributed by atoms with Gasteiger partial charge in [0.05, 0.1) is 0 Å². The number of imidazole rings is 1. The lowest BCUT2D eigenvalue weighted by Gasteiger charge is -2.18. The van der Waals surface area contributed by atoms with E-state index in [2.05, 4.69) is 20.9 Å². The molecular weight excluding hydrogens is 374 g/mol. The Hall–Kier alpha value is -1.53. The van der Waals surface area contributed by atoms with Crippen LogP contribution >= 0.6 is 27.3 Å². The maximum absolute atomic E-state index is 11.6. The molecule has 0 radical (unpaired) electrons. The lowest BCUT2D eigenvalue weighted by molar-refractivity contribution is 0.111. The molecule has 1 saturated carbocycles. The van der Waals surface area contributed by atoms with Gasteiger partial charge in [0, 0.05) is 16.0 Å². The number of fused-ring (bicyclic) bond motifs is 1. The van der Waals surface area contributed by atoms with Gasteiger partial charge in [0.2, 0.25) is 4.96 Å². The van der Waals surface area contributed by atoms with Crippen LogP contribution in [0.15, 0.2) is 28.7 Å². The molecule has 4 rings (SSSR count). The Kier molecular flexibility index (Phi) is 4.03. The molecule has 0 unspecified atom stereocenters. The van der Waals surface area contributed by atoms with Crippen LogP contribution in [-0.4, -0.2) is 20.9 Å². The first kappa shape index (κ1) is 15.0. The number of nitrogens with zero attached hydrogens (tertiary/aromatic N) is 3.